The molecule has 0 bridgehead atoms. The molecule has 1 rings (SSSR count). The molecule has 0 N–H and O–H groups in total. The Balaban J connectivity index is 3.18. The van der Waals surface area contributed by atoms with Crippen molar-refractivity contribution in [2.45, 2.75) is 18.1 Å². The van der Waals surface area contributed by atoms with Crippen molar-refractivity contribution >= 4 is 6.29 Å². The molecule has 0 radical (unpaired) electrons. The van der Waals surface area contributed by atoms with E-state index in [1.165, 1.54) is 21.3 Å². The van der Waals surface area contributed by atoms with Gasteiger partial charge in [0.2, 0.25) is 0 Å². The highest BCUT2D eigenvalue weighted by molar-refractivity contribution is 5.54. The largest absolute Gasteiger partial charge is 0.494 e. The van der Waals surface area contributed by atoms with Gasteiger partial charge in [0.15, 0.2) is 17.6 Å². The fraction of sp³-hybridized carbons (Fsp3) is 0.583. The molecule has 0 aliphatic heterocycles. The highest BCUT2D eigenvalue weighted by atomic mass is 16.6. The van der Waals surface area contributed by atoms with Gasteiger partial charge >= 0.3 is 0 Å². The van der Waals surface area contributed by atoms with Crippen molar-refractivity contribution < 1.29 is 23.7 Å². The smallest absolute Gasteiger partial charge is 0.169 e. The van der Waals surface area contributed by atoms with Gasteiger partial charge in [-0.3, -0.25) is 0 Å². The van der Waals surface area contributed by atoms with Crippen LogP contribution in [0.15, 0.2) is 23.7 Å². The number of carbonyl (C=O) groups excluding carboxylic acids is 1. The van der Waals surface area contributed by atoms with Gasteiger partial charge in [0.05, 0.1) is 14.2 Å². The fourth-order valence-corrected chi connectivity index (χ4v) is 1.98. The number of aldehydes is 1. The number of ether oxygens (including phenoxy) is 4. The van der Waals surface area contributed by atoms with E-state index < -0.39 is 11.7 Å². The predicted octanol–water partition coefficient (Wildman–Crippen LogP) is 1.05. The van der Waals surface area contributed by atoms with Crippen LogP contribution in [0.3, 0.4) is 0 Å². The Labute approximate surface area is 101 Å². The SMILES string of the molecule is COC1=C(OC)C(OC)C(CC=O)(OC)C=C1. The Morgan fingerprint density at radius 3 is 2.41 bits per heavy atom. The van der Waals surface area contributed by atoms with Crippen molar-refractivity contribution in [2.24, 2.45) is 0 Å². The van der Waals surface area contributed by atoms with Crippen LogP contribution in [0.4, 0.5) is 0 Å². The zero-order chi connectivity index (χ0) is 12.9. The first-order valence-electron chi connectivity index (χ1n) is 5.22. The van der Waals surface area contributed by atoms with E-state index in [4.69, 9.17) is 18.9 Å². The number of carbonyl (C=O) groups is 1. The number of hydrogen-bond acceptors (Lipinski definition) is 5. The lowest BCUT2D eigenvalue weighted by Gasteiger charge is -2.38. The fourth-order valence-electron chi connectivity index (χ4n) is 1.98. The molecule has 17 heavy (non-hydrogen) atoms. The summed E-state index contributed by atoms with van der Waals surface area (Å²) in [5, 5.41) is 0. The molecule has 0 saturated heterocycles. The van der Waals surface area contributed by atoms with Gasteiger partial charge < -0.3 is 23.7 Å². The van der Waals surface area contributed by atoms with E-state index in [0.29, 0.717) is 11.5 Å². The highest BCUT2D eigenvalue weighted by Gasteiger charge is 2.44. The highest BCUT2D eigenvalue weighted by Crippen LogP contribution is 2.34. The van der Waals surface area contributed by atoms with Crippen molar-refractivity contribution in [2.75, 3.05) is 28.4 Å². The third kappa shape index (κ3) is 2.35. The average molecular weight is 242 g/mol. The second-order valence-corrected chi connectivity index (χ2v) is 3.62. The zero-order valence-corrected chi connectivity index (χ0v) is 10.6. The summed E-state index contributed by atoms with van der Waals surface area (Å²) in [5.41, 5.74) is -0.843. The maximum atomic E-state index is 10.8. The van der Waals surface area contributed by atoms with Gasteiger partial charge in [-0.1, -0.05) is 0 Å². The van der Waals surface area contributed by atoms with Crippen molar-refractivity contribution in [1.29, 1.82) is 0 Å². The van der Waals surface area contributed by atoms with Gasteiger partial charge in [-0.2, -0.15) is 0 Å². The van der Waals surface area contributed by atoms with Crippen LogP contribution in [0.5, 0.6) is 0 Å². The van der Waals surface area contributed by atoms with Gasteiger partial charge in [-0.05, 0) is 12.2 Å². The third-order valence-electron chi connectivity index (χ3n) is 2.90. The zero-order valence-electron chi connectivity index (χ0n) is 10.6. The molecule has 0 aromatic carbocycles. The van der Waals surface area contributed by atoms with Crippen LogP contribution in [-0.4, -0.2) is 46.4 Å². The Bertz CT molecular complexity index is 334. The second kappa shape index (κ2) is 5.84. The summed E-state index contributed by atoms with van der Waals surface area (Å²) in [6.07, 6.45) is 3.95. The summed E-state index contributed by atoms with van der Waals surface area (Å²) < 4.78 is 21.3. The number of hydrogen-bond donors (Lipinski definition) is 0. The summed E-state index contributed by atoms with van der Waals surface area (Å²) in [5.74, 6) is 1.08. The van der Waals surface area contributed by atoms with Crippen LogP contribution in [0.25, 0.3) is 0 Å². The number of methoxy groups -OCH3 is 4. The minimum atomic E-state index is -0.843. The number of allylic oxidation sites excluding steroid dienone is 1. The van der Waals surface area contributed by atoms with Gasteiger partial charge in [0.1, 0.15) is 11.9 Å². The van der Waals surface area contributed by atoms with Crippen molar-refractivity contribution in [1.82, 2.24) is 0 Å². The van der Waals surface area contributed by atoms with E-state index in [2.05, 4.69) is 0 Å². The van der Waals surface area contributed by atoms with Crippen LogP contribution in [0, 0.1) is 0 Å². The summed E-state index contributed by atoms with van der Waals surface area (Å²) in [6, 6.07) is 0. The summed E-state index contributed by atoms with van der Waals surface area (Å²) in [6.45, 7) is 0. The molecule has 5 heteroatoms. The van der Waals surface area contributed by atoms with Crippen molar-refractivity contribution in [3.05, 3.63) is 23.7 Å². The van der Waals surface area contributed by atoms with E-state index in [0.717, 1.165) is 6.29 Å². The molecule has 0 heterocycles. The Kier molecular flexibility index (Phi) is 4.72. The van der Waals surface area contributed by atoms with E-state index in [-0.39, 0.29) is 6.42 Å². The molecule has 0 saturated carbocycles. The van der Waals surface area contributed by atoms with Crippen molar-refractivity contribution in [3.8, 4) is 0 Å². The maximum absolute atomic E-state index is 10.8. The Morgan fingerprint density at radius 1 is 1.29 bits per heavy atom. The Hall–Kier alpha value is -1.33. The van der Waals surface area contributed by atoms with Gasteiger partial charge in [0.25, 0.3) is 0 Å². The normalized spacial score (nSPS) is 28.1. The molecule has 0 spiro atoms. The third-order valence-corrected chi connectivity index (χ3v) is 2.90. The summed E-state index contributed by atoms with van der Waals surface area (Å²) >= 11 is 0. The molecule has 2 atom stereocenters. The monoisotopic (exact) mass is 242 g/mol. The van der Waals surface area contributed by atoms with Crippen LogP contribution in [0.1, 0.15) is 6.42 Å². The molecule has 0 fully saturated rings. The van der Waals surface area contributed by atoms with Crippen LogP contribution < -0.4 is 0 Å². The standard InChI is InChI=1S/C12H18O5/c1-14-9-5-6-12(17-4,7-8-13)11(16-3)10(9)15-2/h5-6,8,11H,7H2,1-4H3. The van der Waals surface area contributed by atoms with E-state index in [1.54, 1.807) is 19.3 Å². The molecule has 2 unspecified atom stereocenters. The molecule has 0 amide bonds. The van der Waals surface area contributed by atoms with E-state index >= 15 is 0 Å². The van der Waals surface area contributed by atoms with Gasteiger partial charge in [-0.25, -0.2) is 0 Å². The van der Waals surface area contributed by atoms with Crippen LogP contribution in [0.2, 0.25) is 0 Å². The molecule has 0 aromatic heterocycles. The van der Waals surface area contributed by atoms with Crippen molar-refractivity contribution in [3.63, 3.8) is 0 Å². The summed E-state index contributed by atoms with van der Waals surface area (Å²) in [4.78, 5) is 10.8. The predicted molar refractivity (Wildman–Crippen MR) is 61.4 cm³/mol. The van der Waals surface area contributed by atoms with Gasteiger partial charge in [-0.15, -0.1) is 0 Å². The minimum absolute atomic E-state index is 0.183. The van der Waals surface area contributed by atoms with E-state index in [1.807, 2.05) is 0 Å². The van der Waals surface area contributed by atoms with Crippen LogP contribution in [-0.2, 0) is 23.7 Å². The molecular weight excluding hydrogens is 224 g/mol. The van der Waals surface area contributed by atoms with Crippen LogP contribution >= 0.6 is 0 Å². The molecule has 1 aliphatic rings. The molecule has 5 nitrogen and oxygen atoms in total. The maximum Gasteiger partial charge on any atom is 0.169 e. The lowest BCUT2D eigenvalue weighted by molar-refractivity contribution is -0.123. The van der Waals surface area contributed by atoms with Gasteiger partial charge in [0, 0.05) is 20.6 Å². The number of rotatable bonds is 6. The van der Waals surface area contributed by atoms with E-state index in [9.17, 15) is 4.79 Å². The molecule has 1 aliphatic carbocycles. The first-order chi connectivity index (χ1) is 8.18. The summed E-state index contributed by atoms with van der Waals surface area (Å²) in [7, 11) is 6.14. The lowest BCUT2D eigenvalue weighted by Crippen LogP contribution is -2.47. The molecular formula is C12H18O5. The topological polar surface area (TPSA) is 54.0 Å². The Morgan fingerprint density at radius 2 is 2.00 bits per heavy atom. The molecule has 96 valence electrons. The molecule has 0 aromatic rings. The quantitative estimate of drug-likeness (QED) is 0.652. The average Bonchev–Trinajstić information content (AvgIpc) is 2.37. The lowest BCUT2D eigenvalue weighted by atomic mass is 9.87. The first kappa shape index (κ1) is 13.7. The minimum Gasteiger partial charge on any atom is -0.494 e. The second-order valence-electron chi connectivity index (χ2n) is 3.62. The first-order valence-corrected chi connectivity index (χ1v) is 5.22.